The molecule has 1 aliphatic heterocycles. The van der Waals surface area contributed by atoms with Crippen LogP contribution in [0.2, 0.25) is 0 Å². The highest BCUT2D eigenvalue weighted by molar-refractivity contribution is 5.90. The molecule has 1 saturated heterocycles. The number of carbonyl (C=O) groups is 1. The molecule has 2 aromatic rings. The van der Waals surface area contributed by atoms with Gasteiger partial charge in [0.25, 0.3) is 0 Å². The van der Waals surface area contributed by atoms with E-state index >= 15 is 0 Å². The van der Waals surface area contributed by atoms with E-state index in [1.807, 2.05) is 75.4 Å². The molecule has 120 valence electrons. The second kappa shape index (κ2) is 6.05. The average Bonchev–Trinajstić information content (AvgIpc) is 2.84. The first-order valence-corrected chi connectivity index (χ1v) is 7.84. The number of amides is 2. The lowest BCUT2D eigenvalue weighted by Gasteiger charge is -2.29. The molecule has 1 fully saturated rings. The van der Waals surface area contributed by atoms with Gasteiger partial charge in [-0.1, -0.05) is 42.5 Å². The number of hydrogen-bond donors (Lipinski definition) is 1. The zero-order valence-corrected chi connectivity index (χ0v) is 13.7. The highest BCUT2D eigenvalue weighted by Gasteiger charge is 2.42. The van der Waals surface area contributed by atoms with Crippen molar-refractivity contribution >= 4 is 11.7 Å². The zero-order chi connectivity index (χ0) is 16.4. The Morgan fingerprint density at radius 3 is 2.61 bits per heavy atom. The molecular formula is C19H22N2O2. The van der Waals surface area contributed by atoms with Crippen molar-refractivity contribution in [3.05, 3.63) is 65.7 Å². The van der Waals surface area contributed by atoms with E-state index in [-0.39, 0.29) is 12.1 Å². The summed E-state index contributed by atoms with van der Waals surface area (Å²) < 4.78 is 6.10. The van der Waals surface area contributed by atoms with Gasteiger partial charge < -0.3 is 10.1 Å². The maximum atomic E-state index is 12.7. The molecule has 2 amide bonds. The van der Waals surface area contributed by atoms with Gasteiger partial charge in [0.2, 0.25) is 0 Å². The van der Waals surface area contributed by atoms with Gasteiger partial charge in [-0.15, -0.1) is 0 Å². The van der Waals surface area contributed by atoms with Crippen LogP contribution in [-0.2, 0) is 4.74 Å². The van der Waals surface area contributed by atoms with E-state index in [1.165, 1.54) is 0 Å². The molecule has 0 bridgehead atoms. The first-order valence-electron chi connectivity index (χ1n) is 7.84. The molecule has 1 N–H and O–H groups in total. The first-order chi connectivity index (χ1) is 11.0. The van der Waals surface area contributed by atoms with Crippen LogP contribution in [0.4, 0.5) is 10.5 Å². The van der Waals surface area contributed by atoms with Gasteiger partial charge in [0.1, 0.15) is 11.8 Å². The Hall–Kier alpha value is -2.33. The number of benzene rings is 2. The Kier molecular flexibility index (Phi) is 4.09. The molecule has 0 spiro atoms. The topological polar surface area (TPSA) is 41.6 Å². The summed E-state index contributed by atoms with van der Waals surface area (Å²) in [6.07, 6.45) is -0.102. The molecule has 2 aromatic carbocycles. The van der Waals surface area contributed by atoms with Crippen molar-refractivity contribution in [1.29, 1.82) is 0 Å². The fourth-order valence-corrected chi connectivity index (χ4v) is 2.92. The molecule has 1 atom stereocenters. The van der Waals surface area contributed by atoms with Crippen molar-refractivity contribution in [3.8, 4) is 0 Å². The second-order valence-corrected chi connectivity index (χ2v) is 6.37. The monoisotopic (exact) mass is 310 g/mol. The number of carbonyl (C=O) groups excluding carboxylic acids is 1. The van der Waals surface area contributed by atoms with Crippen LogP contribution in [-0.4, -0.2) is 23.2 Å². The molecule has 4 heteroatoms. The Balaban J connectivity index is 1.75. The number of rotatable bonds is 2. The van der Waals surface area contributed by atoms with Crippen molar-refractivity contribution in [2.24, 2.45) is 0 Å². The maximum Gasteiger partial charge on any atom is 0.324 e. The molecule has 1 aliphatic rings. The summed E-state index contributed by atoms with van der Waals surface area (Å²) in [7, 11) is 0. The van der Waals surface area contributed by atoms with Crippen molar-refractivity contribution in [2.45, 2.75) is 32.6 Å². The third-order valence-electron chi connectivity index (χ3n) is 4.11. The Morgan fingerprint density at radius 2 is 1.91 bits per heavy atom. The largest absolute Gasteiger partial charge is 0.346 e. The minimum Gasteiger partial charge on any atom is -0.346 e. The van der Waals surface area contributed by atoms with Crippen LogP contribution in [0.3, 0.4) is 0 Å². The molecule has 0 saturated carbocycles. The third kappa shape index (κ3) is 3.37. The van der Waals surface area contributed by atoms with Crippen LogP contribution in [0.25, 0.3) is 0 Å². The van der Waals surface area contributed by atoms with E-state index in [0.717, 1.165) is 16.8 Å². The molecule has 4 nitrogen and oxygen atoms in total. The van der Waals surface area contributed by atoms with Crippen LogP contribution in [0.5, 0.6) is 0 Å². The van der Waals surface area contributed by atoms with Gasteiger partial charge in [0.05, 0.1) is 6.54 Å². The van der Waals surface area contributed by atoms with Gasteiger partial charge in [0.15, 0.2) is 0 Å². The summed E-state index contributed by atoms with van der Waals surface area (Å²) in [5.74, 6) is 0. The van der Waals surface area contributed by atoms with Gasteiger partial charge >= 0.3 is 6.03 Å². The highest BCUT2D eigenvalue weighted by atomic mass is 16.5. The lowest BCUT2D eigenvalue weighted by Crippen LogP contribution is -2.45. The summed E-state index contributed by atoms with van der Waals surface area (Å²) in [4.78, 5) is 14.4. The normalized spacial score (nSPS) is 19.6. The van der Waals surface area contributed by atoms with Crippen LogP contribution < -0.4 is 5.32 Å². The number of aryl methyl sites for hydroxylation is 1. The van der Waals surface area contributed by atoms with Crippen LogP contribution in [0.1, 0.15) is 31.1 Å². The smallest absolute Gasteiger partial charge is 0.324 e. The van der Waals surface area contributed by atoms with E-state index in [1.54, 1.807) is 4.90 Å². The fraction of sp³-hybridized carbons (Fsp3) is 0.316. The fourth-order valence-electron chi connectivity index (χ4n) is 2.92. The third-order valence-corrected chi connectivity index (χ3v) is 4.11. The van der Waals surface area contributed by atoms with Crippen molar-refractivity contribution < 1.29 is 9.53 Å². The molecule has 0 aromatic heterocycles. The van der Waals surface area contributed by atoms with Crippen molar-refractivity contribution in [1.82, 2.24) is 4.90 Å². The minimum atomic E-state index is -0.644. The van der Waals surface area contributed by atoms with Crippen LogP contribution >= 0.6 is 0 Å². The standard InChI is InChI=1S/C19H22N2O2/c1-14-8-7-11-16(12-14)20-18(22)21-13-17(23-19(21,2)3)15-9-5-4-6-10-15/h4-12,17H,13H2,1-3H3,(H,20,22). The SMILES string of the molecule is Cc1cccc(NC(=O)N2CC(c3ccccc3)OC2(C)C)c1. The Morgan fingerprint density at radius 1 is 1.17 bits per heavy atom. The van der Waals surface area contributed by atoms with Gasteiger partial charge in [-0.3, -0.25) is 4.90 Å². The van der Waals surface area contributed by atoms with E-state index in [2.05, 4.69) is 5.32 Å². The lowest BCUT2D eigenvalue weighted by atomic mass is 10.1. The van der Waals surface area contributed by atoms with Gasteiger partial charge in [-0.05, 0) is 44.0 Å². The maximum absolute atomic E-state index is 12.7. The van der Waals surface area contributed by atoms with Crippen molar-refractivity contribution in [2.75, 3.05) is 11.9 Å². The number of urea groups is 1. The summed E-state index contributed by atoms with van der Waals surface area (Å²) in [6, 6.07) is 17.7. The van der Waals surface area contributed by atoms with Gasteiger partial charge in [0, 0.05) is 5.69 Å². The molecule has 1 unspecified atom stereocenters. The number of nitrogens with one attached hydrogen (secondary N) is 1. The van der Waals surface area contributed by atoms with Gasteiger partial charge in [-0.2, -0.15) is 0 Å². The van der Waals surface area contributed by atoms with E-state index in [0.29, 0.717) is 6.54 Å². The zero-order valence-electron chi connectivity index (χ0n) is 13.7. The summed E-state index contributed by atoms with van der Waals surface area (Å²) in [5, 5.41) is 2.96. The van der Waals surface area contributed by atoms with E-state index in [9.17, 15) is 4.79 Å². The predicted octanol–water partition coefficient (Wildman–Crippen LogP) is 4.34. The number of anilines is 1. The molecule has 0 radical (unpaired) electrons. The predicted molar refractivity (Wildman–Crippen MR) is 91.3 cm³/mol. The van der Waals surface area contributed by atoms with Crippen molar-refractivity contribution in [3.63, 3.8) is 0 Å². The second-order valence-electron chi connectivity index (χ2n) is 6.37. The Labute approximate surface area is 137 Å². The highest BCUT2D eigenvalue weighted by Crippen LogP contribution is 2.35. The van der Waals surface area contributed by atoms with E-state index < -0.39 is 5.72 Å². The lowest BCUT2D eigenvalue weighted by molar-refractivity contribution is -0.0599. The van der Waals surface area contributed by atoms with Gasteiger partial charge in [-0.25, -0.2) is 4.79 Å². The first kappa shape index (κ1) is 15.6. The number of hydrogen-bond acceptors (Lipinski definition) is 2. The number of ether oxygens (including phenoxy) is 1. The molecule has 3 rings (SSSR count). The van der Waals surface area contributed by atoms with Crippen LogP contribution in [0.15, 0.2) is 54.6 Å². The molecular weight excluding hydrogens is 288 g/mol. The minimum absolute atomic E-state index is 0.102. The van der Waals surface area contributed by atoms with E-state index in [4.69, 9.17) is 4.74 Å². The number of nitrogens with zero attached hydrogens (tertiary/aromatic N) is 1. The summed E-state index contributed by atoms with van der Waals surface area (Å²) >= 11 is 0. The summed E-state index contributed by atoms with van der Waals surface area (Å²) in [6.45, 7) is 6.39. The molecule has 1 heterocycles. The Bertz CT molecular complexity index is 698. The quantitative estimate of drug-likeness (QED) is 0.896. The molecule has 0 aliphatic carbocycles. The molecule has 23 heavy (non-hydrogen) atoms. The van der Waals surface area contributed by atoms with Crippen LogP contribution in [0, 0.1) is 6.92 Å². The average molecular weight is 310 g/mol. The summed E-state index contributed by atoms with van der Waals surface area (Å²) in [5.41, 5.74) is 2.36.